The van der Waals surface area contributed by atoms with Crippen LogP contribution in [-0.4, -0.2) is 20.5 Å². The van der Waals surface area contributed by atoms with E-state index in [0.717, 1.165) is 12.1 Å². The van der Waals surface area contributed by atoms with Crippen molar-refractivity contribution < 1.29 is 21.9 Å². The third kappa shape index (κ3) is 3.10. The molecule has 2 N–H and O–H groups in total. The minimum absolute atomic E-state index is 0.0809. The number of rotatable bonds is 4. The fraction of sp³-hybridized carbons (Fsp3) is 0.154. The molecular formula is C13H12F2N2O3S. The van der Waals surface area contributed by atoms with Gasteiger partial charge in [0.25, 0.3) is 0 Å². The predicted octanol–water partition coefficient (Wildman–Crippen LogP) is 1.92. The lowest BCUT2D eigenvalue weighted by atomic mass is 10.3. The molecule has 1 aromatic carbocycles. The summed E-state index contributed by atoms with van der Waals surface area (Å²) in [6, 6.07) is 4.48. The van der Waals surface area contributed by atoms with Gasteiger partial charge in [0.15, 0.2) is 9.84 Å². The average molecular weight is 314 g/mol. The van der Waals surface area contributed by atoms with Gasteiger partial charge in [-0.1, -0.05) is 6.07 Å². The van der Waals surface area contributed by atoms with Gasteiger partial charge < -0.3 is 10.5 Å². The second-order valence-electron chi connectivity index (χ2n) is 4.24. The number of nitrogens with two attached hydrogens (primary N) is 1. The lowest BCUT2D eigenvalue weighted by Crippen LogP contribution is -2.11. The lowest BCUT2D eigenvalue weighted by Gasteiger charge is -2.10. The summed E-state index contributed by atoms with van der Waals surface area (Å²) in [6.07, 6.45) is 1.42. The number of sulfone groups is 1. The predicted molar refractivity (Wildman–Crippen MR) is 72.4 cm³/mol. The van der Waals surface area contributed by atoms with Crippen LogP contribution in [0.2, 0.25) is 0 Å². The lowest BCUT2D eigenvalue weighted by molar-refractivity contribution is 0.393. The second kappa shape index (κ2) is 5.65. The van der Waals surface area contributed by atoms with E-state index in [2.05, 4.69) is 4.98 Å². The molecule has 0 radical (unpaired) electrons. The molecular weight excluding hydrogens is 302 g/mol. The Labute approximate surface area is 120 Å². The van der Waals surface area contributed by atoms with Crippen LogP contribution in [-0.2, 0) is 15.6 Å². The first-order valence-corrected chi connectivity index (χ1v) is 7.45. The number of nitrogen functional groups attached to an aromatic ring is 1. The summed E-state index contributed by atoms with van der Waals surface area (Å²) in [5, 5.41) is 0. The number of benzene rings is 1. The van der Waals surface area contributed by atoms with Crippen molar-refractivity contribution >= 4 is 15.5 Å². The zero-order valence-corrected chi connectivity index (χ0v) is 11.8. The van der Waals surface area contributed by atoms with Crippen molar-refractivity contribution in [1.82, 2.24) is 4.98 Å². The molecule has 2 aromatic rings. The minimum Gasteiger partial charge on any atom is -0.481 e. The molecule has 0 saturated carbocycles. The van der Waals surface area contributed by atoms with Gasteiger partial charge >= 0.3 is 0 Å². The molecule has 112 valence electrons. The molecule has 0 unspecified atom stereocenters. The van der Waals surface area contributed by atoms with E-state index in [1.54, 1.807) is 0 Å². The quantitative estimate of drug-likeness (QED) is 0.872. The third-order valence-corrected chi connectivity index (χ3v) is 4.42. The van der Waals surface area contributed by atoms with Crippen LogP contribution < -0.4 is 10.5 Å². The summed E-state index contributed by atoms with van der Waals surface area (Å²) in [6.45, 7) is 0. The van der Waals surface area contributed by atoms with Crippen LogP contribution in [0.1, 0.15) is 5.56 Å². The zero-order valence-electron chi connectivity index (χ0n) is 11.0. The normalized spacial score (nSPS) is 11.4. The highest BCUT2D eigenvalue weighted by Gasteiger charge is 2.26. The first kappa shape index (κ1) is 15.2. The van der Waals surface area contributed by atoms with E-state index in [1.807, 2.05) is 0 Å². The van der Waals surface area contributed by atoms with Crippen LogP contribution in [0, 0.1) is 11.6 Å². The Kier molecular flexibility index (Phi) is 4.08. The van der Waals surface area contributed by atoms with E-state index >= 15 is 0 Å². The average Bonchev–Trinajstić information content (AvgIpc) is 2.37. The van der Waals surface area contributed by atoms with Crippen LogP contribution in [0.25, 0.3) is 0 Å². The Morgan fingerprint density at radius 1 is 1.29 bits per heavy atom. The molecule has 0 bridgehead atoms. The fourth-order valence-corrected chi connectivity index (χ4v) is 3.36. The smallest absolute Gasteiger partial charge is 0.217 e. The molecule has 0 aliphatic carbocycles. The number of anilines is 1. The summed E-state index contributed by atoms with van der Waals surface area (Å²) < 4.78 is 56.9. The summed E-state index contributed by atoms with van der Waals surface area (Å²) in [5.74, 6) is -3.01. The summed E-state index contributed by atoms with van der Waals surface area (Å²) >= 11 is 0. The van der Waals surface area contributed by atoms with Gasteiger partial charge in [-0.2, -0.15) is 0 Å². The van der Waals surface area contributed by atoms with Gasteiger partial charge in [0.1, 0.15) is 16.5 Å². The van der Waals surface area contributed by atoms with Gasteiger partial charge in [0.2, 0.25) is 5.88 Å². The number of pyridine rings is 1. The van der Waals surface area contributed by atoms with Crippen molar-refractivity contribution in [3.8, 4) is 5.88 Å². The zero-order chi connectivity index (χ0) is 15.6. The highest BCUT2D eigenvalue weighted by molar-refractivity contribution is 7.90. The van der Waals surface area contributed by atoms with Gasteiger partial charge in [-0.05, 0) is 18.2 Å². The number of nitrogens with zero attached hydrogens (tertiary/aromatic N) is 1. The molecule has 5 nitrogen and oxygen atoms in total. The Morgan fingerprint density at radius 3 is 2.48 bits per heavy atom. The number of halogens is 2. The molecule has 1 aromatic heterocycles. The van der Waals surface area contributed by atoms with E-state index in [1.165, 1.54) is 25.4 Å². The third-order valence-electron chi connectivity index (χ3n) is 2.72. The fourth-order valence-electron chi connectivity index (χ4n) is 1.87. The van der Waals surface area contributed by atoms with E-state index < -0.39 is 32.1 Å². The standard InChI is InChI=1S/C13H12F2N2O3S/c1-20-13-8(3-2-4-17-13)7-21(18,19)12-10(14)5-9(16)6-11(12)15/h2-6H,7,16H2,1H3. The maximum atomic E-state index is 13.7. The molecule has 0 fully saturated rings. The van der Waals surface area contributed by atoms with Crippen LogP contribution in [0.15, 0.2) is 35.4 Å². The van der Waals surface area contributed by atoms with Crippen molar-refractivity contribution in [2.24, 2.45) is 0 Å². The summed E-state index contributed by atoms with van der Waals surface area (Å²) in [5.41, 5.74) is 5.28. The molecule has 1 heterocycles. The highest BCUT2D eigenvalue weighted by atomic mass is 32.2. The second-order valence-corrected chi connectivity index (χ2v) is 6.17. The van der Waals surface area contributed by atoms with Gasteiger partial charge in [0.05, 0.1) is 12.9 Å². The monoisotopic (exact) mass is 314 g/mol. The number of hydrogen-bond donors (Lipinski definition) is 1. The SMILES string of the molecule is COc1ncccc1CS(=O)(=O)c1c(F)cc(N)cc1F. The molecule has 21 heavy (non-hydrogen) atoms. The Morgan fingerprint density at radius 2 is 1.90 bits per heavy atom. The number of methoxy groups -OCH3 is 1. The first-order valence-electron chi connectivity index (χ1n) is 5.80. The van der Waals surface area contributed by atoms with E-state index in [-0.39, 0.29) is 17.1 Å². The van der Waals surface area contributed by atoms with Gasteiger partial charge in [-0.25, -0.2) is 22.2 Å². The maximum Gasteiger partial charge on any atom is 0.217 e. The number of hydrogen-bond acceptors (Lipinski definition) is 5. The molecule has 0 spiro atoms. The number of ether oxygens (including phenoxy) is 1. The molecule has 0 aliphatic heterocycles. The maximum absolute atomic E-state index is 13.7. The van der Waals surface area contributed by atoms with Crippen molar-refractivity contribution in [3.05, 3.63) is 47.7 Å². The van der Waals surface area contributed by atoms with Crippen molar-refractivity contribution in [2.75, 3.05) is 12.8 Å². The van der Waals surface area contributed by atoms with Crippen molar-refractivity contribution in [1.29, 1.82) is 0 Å². The Hall–Kier alpha value is -2.22. The highest BCUT2D eigenvalue weighted by Crippen LogP contribution is 2.27. The minimum atomic E-state index is -4.25. The van der Waals surface area contributed by atoms with E-state index in [9.17, 15) is 17.2 Å². The molecule has 2 rings (SSSR count). The van der Waals surface area contributed by atoms with Crippen molar-refractivity contribution in [2.45, 2.75) is 10.6 Å². The topological polar surface area (TPSA) is 82.3 Å². The Balaban J connectivity index is 2.49. The van der Waals surface area contributed by atoms with Crippen LogP contribution in [0.5, 0.6) is 5.88 Å². The molecule has 8 heteroatoms. The largest absolute Gasteiger partial charge is 0.481 e. The molecule has 0 amide bonds. The molecule has 0 atom stereocenters. The van der Waals surface area contributed by atoms with E-state index in [0.29, 0.717) is 0 Å². The summed E-state index contributed by atoms with van der Waals surface area (Å²) in [4.78, 5) is 2.83. The van der Waals surface area contributed by atoms with Gasteiger partial charge in [-0.15, -0.1) is 0 Å². The van der Waals surface area contributed by atoms with Crippen molar-refractivity contribution in [3.63, 3.8) is 0 Å². The molecule has 0 aliphatic rings. The molecule has 0 saturated heterocycles. The van der Waals surface area contributed by atoms with Crippen LogP contribution in [0.4, 0.5) is 14.5 Å². The van der Waals surface area contributed by atoms with Crippen LogP contribution >= 0.6 is 0 Å². The Bertz CT molecular complexity index is 756. The van der Waals surface area contributed by atoms with Gasteiger partial charge in [0, 0.05) is 17.4 Å². The number of aromatic nitrogens is 1. The van der Waals surface area contributed by atoms with E-state index in [4.69, 9.17) is 10.5 Å². The van der Waals surface area contributed by atoms with Crippen LogP contribution in [0.3, 0.4) is 0 Å². The summed E-state index contributed by atoms with van der Waals surface area (Å²) in [7, 11) is -2.93. The first-order chi connectivity index (χ1) is 9.85. The van der Waals surface area contributed by atoms with Gasteiger partial charge in [-0.3, -0.25) is 0 Å².